The molecule has 1 heterocycles. The van der Waals surface area contributed by atoms with Crippen LogP contribution in [-0.2, 0) is 9.59 Å². The number of hydrogen-bond acceptors (Lipinski definition) is 3. The predicted molar refractivity (Wildman–Crippen MR) is 67.2 cm³/mol. The molecule has 1 aliphatic heterocycles. The number of carboxylic acids is 1. The maximum absolute atomic E-state index is 11.1. The van der Waals surface area contributed by atoms with Gasteiger partial charge in [-0.25, -0.2) is 4.79 Å². The first kappa shape index (κ1) is 13.3. The van der Waals surface area contributed by atoms with Gasteiger partial charge in [-0.1, -0.05) is 12.8 Å². The summed E-state index contributed by atoms with van der Waals surface area (Å²) in [6.07, 6.45) is 6.19. The largest absolute Gasteiger partial charge is 0.480 e. The average molecular weight is 254 g/mol. The number of aliphatic carboxylic acids is 1. The van der Waals surface area contributed by atoms with Crippen LogP contribution in [0.15, 0.2) is 0 Å². The zero-order chi connectivity index (χ0) is 13.1. The van der Waals surface area contributed by atoms with Gasteiger partial charge in [-0.05, 0) is 31.7 Å². The molecule has 0 aromatic rings. The number of hydrogen-bond donors (Lipinski definition) is 2. The van der Waals surface area contributed by atoms with Crippen LogP contribution in [0.5, 0.6) is 0 Å². The lowest BCUT2D eigenvalue weighted by Gasteiger charge is -2.33. The summed E-state index contributed by atoms with van der Waals surface area (Å²) in [5.74, 6) is -0.475. The summed E-state index contributed by atoms with van der Waals surface area (Å²) in [6.45, 7) is 2.78. The number of carbonyl (C=O) groups excluding carboxylic acids is 1. The number of carbonyl (C=O) groups is 2. The van der Waals surface area contributed by atoms with E-state index in [2.05, 4.69) is 10.2 Å². The Morgan fingerprint density at radius 3 is 2.72 bits per heavy atom. The molecule has 1 saturated heterocycles. The van der Waals surface area contributed by atoms with Gasteiger partial charge in [0.05, 0.1) is 0 Å². The molecule has 0 aromatic heterocycles. The minimum Gasteiger partial charge on any atom is -0.480 e. The average Bonchev–Trinajstić information content (AvgIpc) is 2.71. The standard InChI is InChI=1S/C13H22N2O3/c1-9(16)14-11(13(17)18)8-15-7-6-10-4-2-3-5-12(10)15/h10-12H,2-8H2,1H3,(H,14,16)(H,17,18). The lowest BCUT2D eigenvalue weighted by atomic mass is 9.85. The zero-order valence-electron chi connectivity index (χ0n) is 10.9. The highest BCUT2D eigenvalue weighted by molar-refractivity contribution is 5.82. The third-order valence-electron chi connectivity index (χ3n) is 4.22. The molecule has 3 atom stereocenters. The predicted octanol–water partition coefficient (Wildman–Crippen LogP) is 0.840. The van der Waals surface area contributed by atoms with Gasteiger partial charge in [0.1, 0.15) is 6.04 Å². The number of carboxylic acid groups (broad SMARTS) is 1. The lowest BCUT2D eigenvalue weighted by Crippen LogP contribution is -2.49. The third kappa shape index (κ3) is 3.02. The molecule has 5 heteroatoms. The molecule has 0 spiro atoms. The molecule has 1 saturated carbocycles. The van der Waals surface area contributed by atoms with Gasteiger partial charge >= 0.3 is 5.97 Å². The fourth-order valence-electron chi connectivity index (χ4n) is 3.40. The molecule has 18 heavy (non-hydrogen) atoms. The first-order valence-electron chi connectivity index (χ1n) is 6.82. The Kier molecular flexibility index (Phi) is 4.22. The van der Waals surface area contributed by atoms with Gasteiger partial charge in [-0.3, -0.25) is 9.69 Å². The number of nitrogens with one attached hydrogen (secondary N) is 1. The fraction of sp³-hybridized carbons (Fsp3) is 0.846. The molecule has 0 radical (unpaired) electrons. The van der Waals surface area contributed by atoms with Crippen molar-refractivity contribution in [2.24, 2.45) is 5.92 Å². The van der Waals surface area contributed by atoms with Crippen molar-refractivity contribution in [3.8, 4) is 0 Å². The van der Waals surface area contributed by atoms with E-state index in [-0.39, 0.29) is 5.91 Å². The van der Waals surface area contributed by atoms with Crippen molar-refractivity contribution in [2.45, 2.75) is 51.1 Å². The molecule has 2 fully saturated rings. The van der Waals surface area contributed by atoms with Gasteiger partial charge in [0.2, 0.25) is 5.91 Å². The van der Waals surface area contributed by atoms with Gasteiger partial charge in [-0.15, -0.1) is 0 Å². The Balaban J connectivity index is 1.94. The van der Waals surface area contributed by atoms with Crippen molar-refractivity contribution in [1.29, 1.82) is 0 Å². The Hall–Kier alpha value is -1.10. The van der Waals surface area contributed by atoms with Crippen LogP contribution < -0.4 is 5.32 Å². The Morgan fingerprint density at radius 1 is 1.33 bits per heavy atom. The summed E-state index contributed by atoms with van der Waals surface area (Å²) >= 11 is 0. The van der Waals surface area contributed by atoms with E-state index >= 15 is 0 Å². The summed E-state index contributed by atoms with van der Waals surface area (Å²) in [4.78, 5) is 24.4. The number of likely N-dealkylation sites (tertiary alicyclic amines) is 1. The second kappa shape index (κ2) is 5.69. The molecule has 2 rings (SSSR count). The molecule has 0 bridgehead atoms. The van der Waals surface area contributed by atoms with Crippen molar-refractivity contribution in [3.63, 3.8) is 0 Å². The van der Waals surface area contributed by atoms with Crippen LogP contribution in [0.1, 0.15) is 39.0 Å². The van der Waals surface area contributed by atoms with Crippen LogP contribution in [0.25, 0.3) is 0 Å². The van der Waals surface area contributed by atoms with Gasteiger partial charge in [0.25, 0.3) is 0 Å². The monoisotopic (exact) mass is 254 g/mol. The summed E-state index contributed by atoms with van der Waals surface area (Å²) in [5.41, 5.74) is 0. The van der Waals surface area contributed by atoms with Crippen LogP contribution in [0.4, 0.5) is 0 Å². The normalized spacial score (nSPS) is 29.6. The van der Waals surface area contributed by atoms with E-state index in [0.29, 0.717) is 12.6 Å². The second-order valence-electron chi connectivity index (χ2n) is 5.49. The summed E-state index contributed by atoms with van der Waals surface area (Å²) in [5, 5.41) is 11.7. The van der Waals surface area contributed by atoms with Crippen molar-refractivity contribution < 1.29 is 14.7 Å². The highest BCUT2D eigenvalue weighted by Gasteiger charge is 2.37. The molecule has 102 valence electrons. The van der Waals surface area contributed by atoms with Crippen molar-refractivity contribution in [2.75, 3.05) is 13.1 Å². The topological polar surface area (TPSA) is 69.6 Å². The van der Waals surface area contributed by atoms with Gasteiger partial charge < -0.3 is 10.4 Å². The van der Waals surface area contributed by atoms with Crippen LogP contribution in [-0.4, -0.2) is 47.1 Å². The lowest BCUT2D eigenvalue weighted by molar-refractivity contribution is -0.142. The van der Waals surface area contributed by atoms with Crippen LogP contribution >= 0.6 is 0 Å². The fourth-order valence-corrected chi connectivity index (χ4v) is 3.40. The van der Waals surface area contributed by atoms with Crippen LogP contribution in [0.2, 0.25) is 0 Å². The first-order valence-corrected chi connectivity index (χ1v) is 6.82. The number of fused-ring (bicyclic) bond motifs is 1. The third-order valence-corrected chi connectivity index (χ3v) is 4.22. The van der Waals surface area contributed by atoms with E-state index in [9.17, 15) is 9.59 Å². The Labute approximate surface area is 108 Å². The molecular formula is C13H22N2O3. The van der Waals surface area contributed by atoms with Crippen LogP contribution in [0.3, 0.4) is 0 Å². The Bertz CT molecular complexity index is 332. The van der Waals surface area contributed by atoms with Gasteiger partial charge in [-0.2, -0.15) is 0 Å². The van der Waals surface area contributed by atoms with Crippen molar-refractivity contribution >= 4 is 11.9 Å². The molecule has 5 nitrogen and oxygen atoms in total. The van der Waals surface area contributed by atoms with Gasteiger partial charge in [0, 0.05) is 19.5 Å². The SMILES string of the molecule is CC(=O)NC(CN1CCC2CCCCC21)C(=O)O. The summed E-state index contributed by atoms with van der Waals surface area (Å²) in [7, 11) is 0. The van der Waals surface area contributed by atoms with Crippen LogP contribution in [0, 0.1) is 5.92 Å². The molecular weight excluding hydrogens is 232 g/mol. The van der Waals surface area contributed by atoms with E-state index in [1.165, 1.54) is 39.0 Å². The van der Waals surface area contributed by atoms with E-state index in [0.717, 1.165) is 12.5 Å². The number of amides is 1. The molecule has 1 amide bonds. The van der Waals surface area contributed by atoms with Crippen molar-refractivity contribution in [1.82, 2.24) is 10.2 Å². The first-order chi connectivity index (χ1) is 8.58. The highest BCUT2D eigenvalue weighted by Crippen LogP contribution is 2.35. The van der Waals surface area contributed by atoms with Crippen molar-refractivity contribution in [3.05, 3.63) is 0 Å². The maximum Gasteiger partial charge on any atom is 0.327 e. The maximum atomic E-state index is 11.1. The Morgan fingerprint density at radius 2 is 2.06 bits per heavy atom. The molecule has 3 unspecified atom stereocenters. The molecule has 0 aromatic carbocycles. The highest BCUT2D eigenvalue weighted by atomic mass is 16.4. The smallest absolute Gasteiger partial charge is 0.327 e. The van der Waals surface area contributed by atoms with E-state index in [1.807, 2.05) is 0 Å². The molecule has 2 aliphatic rings. The van der Waals surface area contributed by atoms with E-state index in [4.69, 9.17) is 5.11 Å². The minimum absolute atomic E-state index is 0.276. The number of rotatable bonds is 4. The quantitative estimate of drug-likeness (QED) is 0.780. The zero-order valence-corrected chi connectivity index (χ0v) is 10.9. The minimum atomic E-state index is -0.940. The van der Waals surface area contributed by atoms with Gasteiger partial charge in [0.15, 0.2) is 0 Å². The summed E-state index contributed by atoms with van der Waals surface area (Å²) in [6, 6.07) is -0.238. The second-order valence-corrected chi connectivity index (χ2v) is 5.49. The number of nitrogens with zero attached hydrogens (tertiary/aromatic N) is 1. The van der Waals surface area contributed by atoms with E-state index < -0.39 is 12.0 Å². The molecule has 1 aliphatic carbocycles. The summed E-state index contributed by atoms with van der Waals surface area (Å²) < 4.78 is 0. The molecule has 2 N–H and O–H groups in total. The van der Waals surface area contributed by atoms with E-state index in [1.54, 1.807) is 0 Å².